The van der Waals surface area contributed by atoms with Gasteiger partial charge in [-0.15, -0.1) is 0 Å². The SMILES string of the molecule is CCCC1CCC2C3OC4(C=CC3C1)C2C(O)CCCC4(O)C(C)(O)C1CCC2(O)C3=C(NCC(C)O)C(=O)C45C=CC6C7=C8C(=CC7)C7CCCC7OC87CCC8(CCC(CC68)C12CC1(O)C=CC2(C6=C(CCCO)NC(N)C=C6)C=CC31C4(CC(O)C(O)C5)C2)C7. The highest BCUT2D eigenvalue weighted by Gasteiger charge is 2.89. The van der Waals surface area contributed by atoms with Crippen LogP contribution in [0.5, 0.6) is 0 Å². The van der Waals surface area contributed by atoms with Gasteiger partial charge >= 0.3 is 0 Å². The first-order chi connectivity index (χ1) is 44.5. The second-order valence-corrected chi connectivity index (χ2v) is 34.9. The Balaban J connectivity index is 0.931. The van der Waals surface area contributed by atoms with Crippen molar-refractivity contribution in [3.05, 3.63) is 106 Å². The molecule has 13 bridgehead atoms. The molecule has 0 amide bonds. The molecule has 16 aliphatic carbocycles. The maximum Gasteiger partial charge on any atom is 0.189 e. The molecule has 7 spiro atoms. The summed E-state index contributed by atoms with van der Waals surface area (Å²) < 4.78 is 15.4. The number of Topliss-reactive ketones (excluding diaryl/α,β-unsaturated/α-hetero) is 1. The zero-order valence-electron chi connectivity index (χ0n) is 55.2. The number of carbonyl (C=O) groups excluding carboxylic acids is 1. The van der Waals surface area contributed by atoms with Gasteiger partial charge in [-0.1, -0.05) is 98.9 Å². The predicted molar refractivity (Wildman–Crippen MR) is 348 cm³/mol. The van der Waals surface area contributed by atoms with Gasteiger partial charge < -0.3 is 71.8 Å². The van der Waals surface area contributed by atoms with Crippen LogP contribution in [-0.4, -0.2) is 141 Å². The van der Waals surface area contributed by atoms with Crippen LogP contribution in [0, 0.1) is 85.8 Å². The summed E-state index contributed by atoms with van der Waals surface area (Å²) in [6.45, 7) is 5.59. The normalized spacial score (nSPS) is 54.4. The van der Waals surface area contributed by atoms with Crippen LogP contribution in [0.25, 0.3) is 0 Å². The standard InChI is InChI=1S/C78H105N3O12/c1-4-8-44-13-14-51-62-55(84)11-6-23-78(91,77(62)27-19-45(35-44)64(51)93-77)67(3,88)59-22-26-76(90)65-63(80-39-43(2)83)66(87)70-25-21-47-49-15-16-50-48-9-5-12-58(48)92-71(61(49)50)31-28-68(40-71)24-20-46(36-53(47)68)74(59,76)42-73(89)32-29-69(52-17-18-60(79)81-54(52)10-7-34-82)30-33-75(65,73)72(70,41-69)38-57(86)56(85)37-70/h16-19,21,25,27,29-30,32-33,43-48,51,53,55-60,62,64,80-86,88-91H,4-15,20,22-24,26,28,31,34-42,79H2,1-3H3. The van der Waals surface area contributed by atoms with Crippen LogP contribution in [0.1, 0.15) is 188 Å². The van der Waals surface area contributed by atoms with Crippen LogP contribution in [-0.2, 0) is 14.3 Å². The second kappa shape index (κ2) is 20.1. The fourth-order valence-corrected chi connectivity index (χ4v) is 28.4. The molecule has 15 nitrogen and oxygen atoms in total. The molecule has 0 aromatic carbocycles. The predicted octanol–water partition coefficient (Wildman–Crippen LogP) is 8.05. The molecule has 504 valence electrons. The van der Waals surface area contributed by atoms with Crippen molar-refractivity contribution >= 4 is 5.78 Å². The summed E-state index contributed by atoms with van der Waals surface area (Å²) >= 11 is 0. The number of aliphatic hydroxyl groups excluding tert-OH is 5. The molecular weight excluding hydrogens is 1170 g/mol. The average molecular weight is 1280 g/mol. The number of hydrogen-bond acceptors (Lipinski definition) is 15. The van der Waals surface area contributed by atoms with Gasteiger partial charge in [-0.25, -0.2) is 0 Å². The number of ether oxygens (including phenoxy) is 2. The molecule has 0 aromatic heterocycles. The fourth-order valence-electron chi connectivity index (χ4n) is 28.4. The van der Waals surface area contributed by atoms with E-state index in [-0.39, 0.29) is 111 Å². The summed E-state index contributed by atoms with van der Waals surface area (Å²) in [7, 11) is 0. The Hall–Kier alpha value is -3.55. The van der Waals surface area contributed by atoms with E-state index in [0.29, 0.717) is 55.9 Å². The summed E-state index contributed by atoms with van der Waals surface area (Å²) in [5.41, 5.74) is -4.77. The number of hydrogen-bond donors (Lipinski definition) is 12. The third-order valence-corrected chi connectivity index (χ3v) is 31.5. The van der Waals surface area contributed by atoms with E-state index in [4.69, 9.17) is 15.2 Å². The van der Waals surface area contributed by atoms with Crippen molar-refractivity contribution in [3.63, 3.8) is 0 Å². The summed E-state index contributed by atoms with van der Waals surface area (Å²) in [5.74, 6) is -1.62. The molecule has 4 aliphatic heterocycles. The summed E-state index contributed by atoms with van der Waals surface area (Å²) in [6, 6.07) is 0. The van der Waals surface area contributed by atoms with Gasteiger partial charge in [0.2, 0.25) is 0 Å². The van der Waals surface area contributed by atoms with E-state index in [1.165, 1.54) is 16.7 Å². The monoisotopic (exact) mass is 1280 g/mol. The van der Waals surface area contributed by atoms with Gasteiger partial charge in [0.25, 0.3) is 0 Å². The number of carbonyl (C=O) groups is 1. The summed E-state index contributed by atoms with van der Waals surface area (Å²) in [5, 5.41) is 130. The number of dihydropyridines is 1. The Labute approximate surface area is 549 Å². The topological polar surface area (TPSA) is 268 Å². The molecule has 4 heterocycles. The third-order valence-electron chi connectivity index (χ3n) is 31.5. The van der Waals surface area contributed by atoms with Crippen molar-refractivity contribution in [1.29, 1.82) is 0 Å². The molecule has 20 aliphatic rings. The lowest BCUT2D eigenvalue weighted by molar-refractivity contribution is -0.304. The lowest BCUT2D eigenvalue weighted by Gasteiger charge is -2.76. The molecule has 28 atom stereocenters. The Kier molecular flexibility index (Phi) is 13.3. The van der Waals surface area contributed by atoms with Crippen molar-refractivity contribution in [1.82, 2.24) is 10.6 Å². The maximum atomic E-state index is 17.9. The summed E-state index contributed by atoms with van der Waals surface area (Å²) in [4.78, 5) is 17.9. The second-order valence-electron chi connectivity index (χ2n) is 34.9. The highest BCUT2D eigenvalue weighted by atomic mass is 16.5. The number of aliphatic hydroxyl groups is 9. The van der Waals surface area contributed by atoms with Crippen LogP contribution in [0.15, 0.2) is 106 Å². The highest BCUT2D eigenvalue weighted by Crippen LogP contribution is 2.86. The average Bonchev–Trinajstić information content (AvgIpc) is 1.61. The van der Waals surface area contributed by atoms with Crippen LogP contribution in [0.4, 0.5) is 0 Å². The van der Waals surface area contributed by atoms with Crippen LogP contribution >= 0.6 is 0 Å². The first-order valence-corrected chi connectivity index (χ1v) is 37.3. The Bertz CT molecular complexity index is 3510. The zero-order chi connectivity index (χ0) is 64.3. The Morgan fingerprint density at radius 2 is 1.68 bits per heavy atom. The minimum Gasteiger partial charge on any atom is -0.396 e. The number of nitrogens with two attached hydrogens (primary N) is 1. The van der Waals surface area contributed by atoms with Crippen LogP contribution in [0.3, 0.4) is 0 Å². The molecule has 10 fully saturated rings. The van der Waals surface area contributed by atoms with Crippen molar-refractivity contribution in [2.45, 2.75) is 264 Å². The highest BCUT2D eigenvalue weighted by molar-refractivity contribution is 6.05. The van der Waals surface area contributed by atoms with E-state index >= 15 is 25.2 Å². The van der Waals surface area contributed by atoms with Crippen molar-refractivity contribution in [2.75, 3.05) is 13.2 Å². The Morgan fingerprint density at radius 3 is 2.49 bits per heavy atom. The largest absolute Gasteiger partial charge is 0.396 e. The Morgan fingerprint density at radius 1 is 0.849 bits per heavy atom. The van der Waals surface area contributed by atoms with Crippen molar-refractivity contribution in [2.24, 2.45) is 91.5 Å². The number of ketones is 1. The van der Waals surface area contributed by atoms with Gasteiger partial charge in [0.1, 0.15) is 11.2 Å². The number of nitrogens with one attached hydrogen (secondary N) is 2. The van der Waals surface area contributed by atoms with Gasteiger partial charge in [0.15, 0.2) is 5.78 Å². The fraction of sp³-hybridized carbons (Fsp3) is 0.756. The third kappa shape index (κ3) is 7.27. The molecule has 28 unspecified atom stereocenters. The summed E-state index contributed by atoms with van der Waals surface area (Å²) in [6.07, 6.45) is 34.4. The molecule has 93 heavy (non-hydrogen) atoms. The van der Waals surface area contributed by atoms with Crippen molar-refractivity contribution in [3.8, 4) is 0 Å². The first-order valence-electron chi connectivity index (χ1n) is 37.3. The molecule has 8 saturated carbocycles. The van der Waals surface area contributed by atoms with E-state index in [0.717, 1.165) is 94.7 Å². The van der Waals surface area contributed by atoms with E-state index in [1.54, 1.807) is 6.92 Å². The molecular formula is C78H105N3O12. The molecule has 0 radical (unpaired) electrons. The number of allylic oxidation sites excluding steroid dienone is 10. The number of fused-ring (bicyclic) bond motifs is 4. The zero-order valence-corrected chi connectivity index (χ0v) is 55.2. The number of rotatable bonds is 11. The lowest BCUT2D eigenvalue weighted by Crippen LogP contribution is -2.81. The molecule has 20 rings (SSSR count). The smallest absolute Gasteiger partial charge is 0.189 e. The van der Waals surface area contributed by atoms with Gasteiger partial charge in [0.05, 0.1) is 81.7 Å². The van der Waals surface area contributed by atoms with Gasteiger partial charge in [-0.05, 0) is 213 Å². The first kappa shape index (κ1) is 61.8. The molecule has 13 N–H and O–H groups in total. The van der Waals surface area contributed by atoms with E-state index < -0.39 is 109 Å². The minimum absolute atomic E-state index is 0.0333. The maximum absolute atomic E-state index is 17.9. The minimum atomic E-state index is -2.08. The van der Waals surface area contributed by atoms with Gasteiger partial charge in [-0.3, -0.25) is 4.79 Å². The van der Waals surface area contributed by atoms with E-state index in [9.17, 15) is 25.5 Å². The van der Waals surface area contributed by atoms with Crippen LogP contribution < -0.4 is 16.4 Å². The van der Waals surface area contributed by atoms with E-state index in [1.807, 2.05) is 25.2 Å². The lowest BCUT2D eigenvalue weighted by atomic mass is 9.27. The van der Waals surface area contributed by atoms with Crippen LogP contribution in [0.2, 0.25) is 0 Å². The molecule has 0 aromatic rings. The van der Waals surface area contributed by atoms with Gasteiger partial charge in [-0.2, -0.15) is 0 Å². The van der Waals surface area contributed by atoms with E-state index in [2.05, 4.69) is 66.2 Å². The van der Waals surface area contributed by atoms with Gasteiger partial charge in [0, 0.05) is 64.3 Å². The molecule has 2 saturated heterocycles. The quantitative estimate of drug-likeness (QED) is 0.0873. The van der Waals surface area contributed by atoms with Crippen molar-refractivity contribution < 1.29 is 60.2 Å². The molecule has 15 heteroatoms.